The smallest absolute Gasteiger partial charge is 0.240 e. The molecule has 0 unspecified atom stereocenters. The minimum Gasteiger partial charge on any atom is -0.492 e. The second kappa shape index (κ2) is 4.55. The molecular formula is C14H12N6O. The van der Waals surface area contributed by atoms with Crippen molar-refractivity contribution >= 4 is 5.95 Å². The number of nitrogen functional groups attached to an aromatic ring is 1. The molecule has 0 bridgehead atoms. The van der Waals surface area contributed by atoms with Crippen LogP contribution in [0, 0.1) is 0 Å². The maximum absolute atomic E-state index is 5.81. The van der Waals surface area contributed by atoms with Gasteiger partial charge in [-0.25, -0.2) is 4.98 Å². The lowest BCUT2D eigenvalue weighted by Crippen LogP contribution is -2.06. The topological polar surface area (TPSA) is 91.7 Å². The Labute approximate surface area is 120 Å². The first-order chi connectivity index (χ1) is 10.3. The Bertz CT molecular complexity index is 799. The van der Waals surface area contributed by atoms with E-state index in [0.717, 1.165) is 23.3 Å². The normalized spacial score (nSPS) is 13.0. The monoisotopic (exact) mass is 280 g/mol. The molecule has 2 aromatic heterocycles. The van der Waals surface area contributed by atoms with E-state index < -0.39 is 0 Å². The molecule has 1 aliphatic heterocycles. The van der Waals surface area contributed by atoms with E-state index in [1.54, 1.807) is 23.3 Å². The van der Waals surface area contributed by atoms with Gasteiger partial charge in [-0.1, -0.05) is 12.1 Å². The number of aromatic nitrogens is 5. The summed E-state index contributed by atoms with van der Waals surface area (Å²) in [4.78, 5) is 16.8. The summed E-state index contributed by atoms with van der Waals surface area (Å²) in [6, 6.07) is 5.95. The van der Waals surface area contributed by atoms with Crippen LogP contribution >= 0.6 is 0 Å². The second-order valence-corrected chi connectivity index (χ2v) is 4.68. The highest BCUT2D eigenvalue weighted by atomic mass is 16.5. The van der Waals surface area contributed by atoms with Crippen molar-refractivity contribution in [3.8, 4) is 23.1 Å². The van der Waals surface area contributed by atoms with Gasteiger partial charge in [-0.15, -0.1) is 0 Å². The lowest BCUT2D eigenvalue weighted by atomic mass is 10.1. The molecule has 7 nitrogen and oxygen atoms in total. The molecular weight excluding hydrogens is 268 g/mol. The number of nitrogens with two attached hydrogens (primary N) is 1. The molecule has 0 spiro atoms. The number of fused-ring (bicyclic) bond motifs is 1. The van der Waals surface area contributed by atoms with E-state index in [0.29, 0.717) is 18.4 Å². The van der Waals surface area contributed by atoms with Gasteiger partial charge in [0.15, 0.2) is 5.82 Å². The van der Waals surface area contributed by atoms with Gasteiger partial charge in [0.2, 0.25) is 11.9 Å². The van der Waals surface area contributed by atoms with Gasteiger partial charge in [0.05, 0.1) is 12.2 Å². The summed E-state index contributed by atoms with van der Waals surface area (Å²) in [7, 11) is 0. The Kier molecular flexibility index (Phi) is 2.56. The van der Waals surface area contributed by atoms with Crippen molar-refractivity contribution in [1.29, 1.82) is 0 Å². The van der Waals surface area contributed by atoms with Gasteiger partial charge >= 0.3 is 0 Å². The minimum atomic E-state index is 0.166. The van der Waals surface area contributed by atoms with Crippen molar-refractivity contribution in [2.75, 3.05) is 12.3 Å². The average Bonchev–Trinajstić information content (AvgIpc) is 3.17. The Hall–Kier alpha value is -2.96. The first kappa shape index (κ1) is 11.8. The quantitative estimate of drug-likeness (QED) is 0.759. The molecule has 0 fully saturated rings. The molecule has 104 valence electrons. The van der Waals surface area contributed by atoms with E-state index in [2.05, 4.69) is 19.9 Å². The zero-order valence-corrected chi connectivity index (χ0v) is 11.1. The lowest BCUT2D eigenvalue weighted by Gasteiger charge is -2.08. The number of para-hydroxylation sites is 1. The van der Waals surface area contributed by atoms with Crippen LogP contribution < -0.4 is 10.5 Å². The first-order valence-electron chi connectivity index (χ1n) is 6.56. The van der Waals surface area contributed by atoms with Gasteiger partial charge in [-0.05, 0) is 11.6 Å². The van der Waals surface area contributed by atoms with E-state index >= 15 is 0 Å². The van der Waals surface area contributed by atoms with E-state index in [1.807, 2.05) is 18.2 Å². The average molecular weight is 280 g/mol. The van der Waals surface area contributed by atoms with Crippen molar-refractivity contribution in [2.45, 2.75) is 6.42 Å². The third-order valence-corrected chi connectivity index (χ3v) is 3.33. The summed E-state index contributed by atoms with van der Waals surface area (Å²) in [6.45, 7) is 0.682. The Balaban J connectivity index is 1.88. The van der Waals surface area contributed by atoms with Gasteiger partial charge in [0, 0.05) is 18.8 Å². The molecule has 21 heavy (non-hydrogen) atoms. The van der Waals surface area contributed by atoms with Crippen LogP contribution in [-0.4, -0.2) is 31.1 Å². The van der Waals surface area contributed by atoms with Crippen LogP contribution in [0.3, 0.4) is 0 Å². The summed E-state index contributed by atoms with van der Waals surface area (Å²) >= 11 is 0. The minimum absolute atomic E-state index is 0.166. The lowest BCUT2D eigenvalue weighted by molar-refractivity contribution is 0.358. The van der Waals surface area contributed by atoms with Crippen LogP contribution in [0.1, 0.15) is 5.56 Å². The third kappa shape index (κ3) is 1.99. The van der Waals surface area contributed by atoms with Crippen LogP contribution in [-0.2, 0) is 6.42 Å². The molecule has 3 aromatic rings. The summed E-state index contributed by atoms with van der Waals surface area (Å²) in [6.07, 6.45) is 5.93. The number of anilines is 1. The molecule has 0 radical (unpaired) electrons. The molecule has 1 aliphatic rings. The molecule has 3 heterocycles. The highest BCUT2D eigenvalue weighted by molar-refractivity contribution is 5.68. The Morgan fingerprint density at radius 2 is 2.14 bits per heavy atom. The predicted octanol–water partition coefficient (Wildman–Crippen LogP) is 1.24. The van der Waals surface area contributed by atoms with Crippen LogP contribution in [0.2, 0.25) is 0 Å². The summed E-state index contributed by atoms with van der Waals surface area (Å²) in [5.41, 5.74) is 7.81. The predicted molar refractivity (Wildman–Crippen MR) is 76.0 cm³/mol. The van der Waals surface area contributed by atoms with Gasteiger partial charge in [0.25, 0.3) is 0 Å². The van der Waals surface area contributed by atoms with Gasteiger partial charge < -0.3 is 10.5 Å². The third-order valence-electron chi connectivity index (χ3n) is 3.33. The number of nitrogens with zero attached hydrogens (tertiary/aromatic N) is 5. The maximum atomic E-state index is 5.81. The molecule has 0 saturated carbocycles. The summed E-state index contributed by atoms with van der Waals surface area (Å²) < 4.78 is 7.38. The van der Waals surface area contributed by atoms with Crippen molar-refractivity contribution in [3.05, 3.63) is 42.5 Å². The van der Waals surface area contributed by atoms with E-state index in [4.69, 9.17) is 10.5 Å². The highest BCUT2D eigenvalue weighted by Crippen LogP contribution is 2.35. The van der Waals surface area contributed by atoms with Gasteiger partial charge in [0.1, 0.15) is 12.1 Å². The highest BCUT2D eigenvalue weighted by Gasteiger charge is 2.19. The summed E-state index contributed by atoms with van der Waals surface area (Å²) in [5.74, 6) is 1.94. The zero-order valence-electron chi connectivity index (χ0n) is 11.1. The second-order valence-electron chi connectivity index (χ2n) is 4.68. The van der Waals surface area contributed by atoms with E-state index in [1.165, 1.54) is 0 Å². The van der Waals surface area contributed by atoms with Crippen LogP contribution in [0.4, 0.5) is 5.95 Å². The van der Waals surface area contributed by atoms with Gasteiger partial charge in [-0.2, -0.15) is 15.0 Å². The first-order valence-corrected chi connectivity index (χ1v) is 6.56. The molecule has 7 heteroatoms. The fourth-order valence-corrected chi connectivity index (χ4v) is 2.39. The Morgan fingerprint density at radius 1 is 1.19 bits per heavy atom. The molecule has 0 amide bonds. The zero-order chi connectivity index (χ0) is 14.2. The van der Waals surface area contributed by atoms with Crippen molar-refractivity contribution < 1.29 is 4.74 Å². The Morgan fingerprint density at radius 3 is 3.00 bits per heavy atom. The maximum Gasteiger partial charge on any atom is 0.240 e. The fourth-order valence-electron chi connectivity index (χ4n) is 2.39. The van der Waals surface area contributed by atoms with Gasteiger partial charge in [-0.3, -0.25) is 4.57 Å². The molecule has 2 N–H and O–H groups in total. The number of hydrogen-bond acceptors (Lipinski definition) is 6. The largest absolute Gasteiger partial charge is 0.492 e. The standard InChI is InChI=1S/C14H12N6O/c15-13-17-12(18-14(19-13)20-6-5-16-8-20)10-3-1-2-9-4-7-21-11(9)10/h1-3,5-6,8H,4,7H2,(H2,15,17,18,19). The molecule has 4 rings (SSSR count). The molecule has 0 aliphatic carbocycles. The molecule has 0 saturated heterocycles. The van der Waals surface area contributed by atoms with Crippen molar-refractivity contribution in [1.82, 2.24) is 24.5 Å². The number of hydrogen-bond donors (Lipinski definition) is 1. The van der Waals surface area contributed by atoms with E-state index in [9.17, 15) is 0 Å². The number of rotatable bonds is 2. The summed E-state index contributed by atoms with van der Waals surface area (Å²) in [5, 5.41) is 0. The SMILES string of the molecule is Nc1nc(-c2cccc3c2OCC3)nc(-n2ccnc2)n1. The molecule has 1 aromatic carbocycles. The number of ether oxygens (including phenoxy) is 1. The van der Waals surface area contributed by atoms with E-state index in [-0.39, 0.29) is 5.95 Å². The van der Waals surface area contributed by atoms with Crippen molar-refractivity contribution in [2.24, 2.45) is 0 Å². The van der Waals surface area contributed by atoms with Crippen LogP contribution in [0.25, 0.3) is 17.3 Å². The van der Waals surface area contributed by atoms with Crippen LogP contribution in [0.15, 0.2) is 36.9 Å². The fraction of sp³-hybridized carbons (Fsp3) is 0.143. The van der Waals surface area contributed by atoms with Crippen molar-refractivity contribution in [3.63, 3.8) is 0 Å². The number of benzene rings is 1. The van der Waals surface area contributed by atoms with Crippen LogP contribution in [0.5, 0.6) is 5.75 Å². The molecule has 0 atom stereocenters. The number of imidazole rings is 1.